The predicted octanol–water partition coefficient (Wildman–Crippen LogP) is 8.39. The van der Waals surface area contributed by atoms with Crippen LogP contribution in [0.3, 0.4) is 0 Å². The molecule has 1 atom stereocenters. The second-order valence-corrected chi connectivity index (χ2v) is 12.4. The minimum Gasteiger partial charge on any atom is -0.493 e. The number of benzene rings is 4. The van der Waals surface area contributed by atoms with Gasteiger partial charge in [0.25, 0.3) is 5.91 Å². The number of aromatic nitrogens is 3. The molecule has 0 aliphatic carbocycles. The number of carbonyl (C=O) groups is 1. The number of nitrogens with zero attached hydrogens (tertiary/aromatic N) is 3. The van der Waals surface area contributed by atoms with E-state index >= 15 is 0 Å². The lowest BCUT2D eigenvalue weighted by Crippen LogP contribution is -2.31. The van der Waals surface area contributed by atoms with Crippen molar-refractivity contribution in [3.05, 3.63) is 141 Å². The summed E-state index contributed by atoms with van der Waals surface area (Å²) in [7, 11) is 0. The number of hydrogen-bond acceptors (Lipinski definition) is 6. The number of hydrogen-bond donors (Lipinski definition) is 2. The van der Waals surface area contributed by atoms with E-state index in [0.717, 1.165) is 40.1 Å². The third kappa shape index (κ3) is 7.08. The van der Waals surface area contributed by atoms with Crippen LogP contribution in [0.5, 0.6) is 5.75 Å². The number of nitrogens with one attached hydrogen (secondary N) is 2. The van der Waals surface area contributed by atoms with Crippen molar-refractivity contribution in [1.82, 2.24) is 14.8 Å². The third-order valence-corrected chi connectivity index (χ3v) is 8.98. The number of allylic oxidation sites excluding steroid dienone is 1. The molecule has 9 heteroatoms. The molecule has 6 rings (SSSR count). The van der Waals surface area contributed by atoms with E-state index in [1.807, 2.05) is 99.6 Å². The highest BCUT2D eigenvalue weighted by molar-refractivity contribution is 7.98. The van der Waals surface area contributed by atoms with Crippen LogP contribution < -0.4 is 15.4 Å². The van der Waals surface area contributed by atoms with Gasteiger partial charge in [-0.3, -0.25) is 4.79 Å². The highest BCUT2D eigenvalue weighted by Gasteiger charge is 2.34. The zero-order chi connectivity index (χ0) is 31.3. The second-order valence-electron chi connectivity index (χ2n) is 11.0. The molecule has 1 amide bonds. The van der Waals surface area contributed by atoms with Crippen LogP contribution in [-0.4, -0.2) is 27.3 Å². The van der Waals surface area contributed by atoms with E-state index in [9.17, 15) is 4.79 Å². The molecule has 1 aliphatic rings. The summed E-state index contributed by atoms with van der Waals surface area (Å²) in [5.41, 5.74) is 7.31. The van der Waals surface area contributed by atoms with Gasteiger partial charge >= 0.3 is 0 Å². The van der Waals surface area contributed by atoms with Gasteiger partial charge in [0, 0.05) is 28.6 Å². The number of thioether (sulfide) groups is 1. The molecule has 2 N–H and O–H groups in total. The van der Waals surface area contributed by atoms with Crippen LogP contribution in [0.15, 0.2) is 113 Å². The van der Waals surface area contributed by atoms with Gasteiger partial charge in [-0.05, 0) is 67.3 Å². The first-order valence-electron chi connectivity index (χ1n) is 14.8. The molecule has 0 radical (unpaired) electrons. The Morgan fingerprint density at radius 1 is 0.978 bits per heavy atom. The Balaban J connectivity index is 1.28. The first-order chi connectivity index (χ1) is 21.9. The van der Waals surface area contributed by atoms with Crippen molar-refractivity contribution in [2.24, 2.45) is 0 Å². The van der Waals surface area contributed by atoms with Crippen LogP contribution in [0.25, 0.3) is 0 Å². The fourth-order valence-electron chi connectivity index (χ4n) is 5.37. The van der Waals surface area contributed by atoms with E-state index in [0.29, 0.717) is 39.8 Å². The summed E-state index contributed by atoms with van der Waals surface area (Å²) in [6, 6.07) is 31.4. The Morgan fingerprint density at radius 3 is 2.49 bits per heavy atom. The van der Waals surface area contributed by atoms with Crippen LogP contribution in [0.2, 0.25) is 5.02 Å². The van der Waals surface area contributed by atoms with Gasteiger partial charge in [-0.25, -0.2) is 4.68 Å². The molecule has 5 aromatic rings. The van der Waals surface area contributed by atoms with Gasteiger partial charge in [0.15, 0.2) is 0 Å². The summed E-state index contributed by atoms with van der Waals surface area (Å²) < 4.78 is 7.85. The van der Waals surface area contributed by atoms with Gasteiger partial charge in [0.1, 0.15) is 11.8 Å². The van der Waals surface area contributed by atoms with E-state index in [2.05, 4.69) is 28.8 Å². The molecule has 0 fully saturated rings. The van der Waals surface area contributed by atoms with Crippen molar-refractivity contribution in [2.75, 3.05) is 17.2 Å². The van der Waals surface area contributed by atoms with Crippen LogP contribution >= 0.6 is 23.4 Å². The summed E-state index contributed by atoms with van der Waals surface area (Å²) >= 11 is 7.89. The molecule has 1 unspecified atom stereocenters. The van der Waals surface area contributed by atoms with E-state index in [-0.39, 0.29) is 5.91 Å². The summed E-state index contributed by atoms with van der Waals surface area (Å²) in [4.78, 5) is 18.8. The number of aryl methyl sites for hydroxylation is 2. The highest BCUT2D eigenvalue weighted by Crippen LogP contribution is 2.38. The number of carbonyl (C=O) groups excluding carboxylic acids is 1. The van der Waals surface area contributed by atoms with E-state index < -0.39 is 6.04 Å². The number of anilines is 2. The van der Waals surface area contributed by atoms with Crippen molar-refractivity contribution < 1.29 is 9.53 Å². The number of rotatable bonds is 10. The first kappa shape index (κ1) is 30.5. The van der Waals surface area contributed by atoms with Crippen molar-refractivity contribution in [2.45, 2.75) is 44.1 Å². The van der Waals surface area contributed by atoms with E-state index in [1.165, 1.54) is 17.3 Å². The van der Waals surface area contributed by atoms with Gasteiger partial charge in [0.05, 0.1) is 12.2 Å². The monoisotopic (exact) mass is 635 g/mol. The standard InChI is InChI=1S/C36H34ClN5O2S/c1-23-13-18-31(24(2)21-23)39-34(43)32-25(3)38-35-40-36(45-22-28-11-7-8-12-30(28)37)41-42(35)33(32)27-14-16-29(17-15-27)44-20-19-26-9-5-4-6-10-26/h4-18,21,33H,19-20,22H2,1-3H3,(H,39,43)(H,38,40,41). The van der Waals surface area contributed by atoms with Crippen molar-refractivity contribution in [3.63, 3.8) is 0 Å². The molecular formula is C36H34ClN5O2S. The number of ether oxygens (including phenoxy) is 1. The van der Waals surface area contributed by atoms with Crippen LogP contribution in [0, 0.1) is 13.8 Å². The smallest absolute Gasteiger partial charge is 0.255 e. The van der Waals surface area contributed by atoms with Crippen molar-refractivity contribution in [1.29, 1.82) is 0 Å². The summed E-state index contributed by atoms with van der Waals surface area (Å²) in [6.45, 7) is 6.50. The Labute approximate surface area is 272 Å². The van der Waals surface area contributed by atoms with E-state index in [1.54, 1.807) is 4.68 Å². The Kier molecular flexibility index (Phi) is 9.23. The van der Waals surface area contributed by atoms with E-state index in [4.69, 9.17) is 26.4 Å². The summed E-state index contributed by atoms with van der Waals surface area (Å²) in [5.74, 6) is 1.76. The molecular weight excluding hydrogens is 602 g/mol. The maximum absolute atomic E-state index is 14.0. The maximum atomic E-state index is 14.0. The van der Waals surface area contributed by atoms with Gasteiger partial charge < -0.3 is 15.4 Å². The molecule has 228 valence electrons. The van der Waals surface area contributed by atoms with Crippen LogP contribution in [-0.2, 0) is 17.0 Å². The quantitative estimate of drug-likeness (QED) is 0.150. The van der Waals surface area contributed by atoms with Gasteiger partial charge in [0.2, 0.25) is 11.1 Å². The predicted molar refractivity (Wildman–Crippen MR) is 182 cm³/mol. The number of amides is 1. The lowest BCUT2D eigenvalue weighted by molar-refractivity contribution is -0.113. The highest BCUT2D eigenvalue weighted by atomic mass is 35.5. The average Bonchev–Trinajstić information content (AvgIpc) is 3.44. The normalized spacial score (nSPS) is 14.1. The van der Waals surface area contributed by atoms with Gasteiger partial charge in [-0.1, -0.05) is 102 Å². The number of halogens is 1. The zero-order valence-electron chi connectivity index (χ0n) is 25.4. The summed E-state index contributed by atoms with van der Waals surface area (Å²) in [6.07, 6.45) is 0.818. The van der Waals surface area contributed by atoms with Gasteiger partial charge in [-0.15, -0.1) is 5.10 Å². The molecule has 0 spiro atoms. The summed E-state index contributed by atoms with van der Waals surface area (Å²) in [5, 5.41) is 12.6. The Bertz CT molecular complexity index is 1850. The van der Waals surface area contributed by atoms with Crippen LogP contribution in [0.4, 0.5) is 11.6 Å². The molecule has 0 bridgehead atoms. The Morgan fingerprint density at radius 2 is 1.73 bits per heavy atom. The molecule has 4 aromatic carbocycles. The molecule has 2 heterocycles. The molecule has 1 aliphatic heterocycles. The molecule has 0 saturated carbocycles. The zero-order valence-corrected chi connectivity index (χ0v) is 27.0. The van der Waals surface area contributed by atoms with Crippen LogP contribution in [0.1, 0.15) is 40.8 Å². The van der Waals surface area contributed by atoms with Crippen molar-refractivity contribution in [3.8, 4) is 5.75 Å². The van der Waals surface area contributed by atoms with Crippen molar-refractivity contribution >= 4 is 40.9 Å². The fraction of sp³-hybridized carbons (Fsp3) is 0.194. The molecule has 7 nitrogen and oxygen atoms in total. The average molecular weight is 636 g/mol. The topological polar surface area (TPSA) is 81.1 Å². The fourth-order valence-corrected chi connectivity index (χ4v) is 6.49. The maximum Gasteiger partial charge on any atom is 0.255 e. The first-order valence-corrected chi connectivity index (χ1v) is 16.2. The lowest BCUT2D eigenvalue weighted by atomic mass is 9.94. The lowest BCUT2D eigenvalue weighted by Gasteiger charge is -2.29. The molecule has 45 heavy (non-hydrogen) atoms. The second kappa shape index (κ2) is 13.6. The minimum atomic E-state index is -0.507. The molecule has 0 saturated heterocycles. The minimum absolute atomic E-state index is 0.202. The SMILES string of the molecule is CC1=C(C(=O)Nc2ccc(C)cc2C)C(c2ccc(OCCc3ccccc3)cc2)n2nc(SCc3ccccc3Cl)nc2N1. The largest absolute Gasteiger partial charge is 0.493 e. The Hall–Kier alpha value is -4.53. The molecule has 1 aromatic heterocycles. The third-order valence-electron chi connectivity index (χ3n) is 7.72. The number of fused-ring (bicyclic) bond motifs is 1. The van der Waals surface area contributed by atoms with Gasteiger partial charge in [-0.2, -0.15) is 4.98 Å².